The van der Waals surface area contributed by atoms with Crippen molar-refractivity contribution in [1.82, 2.24) is 10.2 Å². The summed E-state index contributed by atoms with van der Waals surface area (Å²) >= 11 is 0. The Kier molecular flexibility index (Phi) is 4.08. The summed E-state index contributed by atoms with van der Waals surface area (Å²) in [6.45, 7) is 8.47. The van der Waals surface area contributed by atoms with Crippen LogP contribution in [0.25, 0.3) is 0 Å². The van der Waals surface area contributed by atoms with Crippen LogP contribution in [0.1, 0.15) is 31.4 Å². The van der Waals surface area contributed by atoms with Gasteiger partial charge in [0.25, 0.3) is 0 Å². The smallest absolute Gasteiger partial charge is 0.111 e. The first-order valence-electron chi connectivity index (χ1n) is 9.04. The van der Waals surface area contributed by atoms with Crippen LogP contribution < -0.4 is 10.2 Å². The van der Waals surface area contributed by atoms with E-state index in [4.69, 9.17) is 4.74 Å². The number of hydrogen-bond acceptors (Lipinski definition) is 4. The summed E-state index contributed by atoms with van der Waals surface area (Å²) < 4.78 is 6.06. The first kappa shape index (κ1) is 15.4. The Morgan fingerprint density at radius 2 is 1.91 bits per heavy atom. The molecule has 0 amide bonds. The van der Waals surface area contributed by atoms with Crippen molar-refractivity contribution in [2.24, 2.45) is 5.92 Å². The molecule has 2 atom stereocenters. The summed E-state index contributed by atoms with van der Waals surface area (Å²) in [6, 6.07) is 9.78. The van der Waals surface area contributed by atoms with Gasteiger partial charge in [0.2, 0.25) is 0 Å². The van der Waals surface area contributed by atoms with Crippen molar-refractivity contribution >= 4 is 5.69 Å². The molecule has 0 bridgehead atoms. The van der Waals surface area contributed by atoms with Crippen LogP contribution in [0.5, 0.6) is 0 Å². The number of morpholine rings is 1. The fraction of sp³-hybridized carbons (Fsp3) is 0.684. The van der Waals surface area contributed by atoms with Gasteiger partial charge in [-0.3, -0.25) is 0 Å². The molecule has 3 aliphatic rings. The van der Waals surface area contributed by atoms with E-state index in [0.29, 0.717) is 6.04 Å². The lowest BCUT2D eigenvalue weighted by atomic mass is 9.91. The molecule has 1 aromatic carbocycles. The molecule has 4 rings (SSSR count). The summed E-state index contributed by atoms with van der Waals surface area (Å²) in [5.74, 6) is 0.815. The Morgan fingerprint density at radius 3 is 2.57 bits per heavy atom. The second-order valence-corrected chi connectivity index (χ2v) is 7.86. The summed E-state index contributed by atoms with van der Waals surface area (Å²) in [6.07, 6.45) is 2.59. The Morgan fingerprint density at radius 1 is 1.13 bits per heavy atom. The average Bonchev–Trinajstić information content (AvgIpc) is 2.55. The number of piperidine rings is 1. The van der Waals surface area contributed by atoms with E-state index in [1.807, 2.05) is 0 Å². The number of nitrogens with one attached hydrogen (secondary N) is 1. The molecule has 3 heterocycles. The fourth-order valence-electron chi connectivity index (χ4n) is 4.39. The van der Waals surface area contributed by atoms with Crippen molar-refractivity contribution in [3.05, 3.63) is 29.8 Å². The number of benzene rings is 1. The minimum Gasteiger partial charge on any atom is -0.369 e. The van der Waals surface area contributed by atoms with Crippen molar-refractivity contribution < 1.29 is 4.74 Å². The first-order chi connectivity index (χ1) is 11.1. The number of rotatable bonds is 2. The highest BCUT2D eigenvalue weighted by Crippen LogP contribution is 2.32. The van der Waals surface area contributed by atoms with Gasteiger partial charge in [0, 0.05) is 37.9 Å². The van der Waals surface area contributed by atoms with Crippen LogP contribution in [0, 0.1) is 5.92 Å². The van der Waals surface area contributed by atoms with Gasteiger partial charge in [-0.05, 0) is 50.0 Å². The summed E-state index contributed by atoms with van der Waals surface area (Å²) in [5, 5.41) is 3.68. The Labute approximate surface area is 139 Å². The minimum absolute atomic E-state index is 0.0761. The predicted molar refractivity (Wildman–Crippen MR) is 94.0 cm³/mol. The van der Waals surface area contributed by atoms with Crippen molar-refractivity contribution in [1.29, 1.82) is 0 Å². The summed E-state index contributed by atoms with van der Waals surface area (Å²) in [5.41, 5.74) is 2.86. The van der Waals surface area contributed by atoms with E-state index in [2.05, 4.69) is 53.4 Å². The van der Waals surface area contributed by atoms with Crippen LogP contribution in [-0.4, -0.2) is 56.9 Å². The molecule has 0 radical (unpaired) electrons. The monoisotopic (exact) mass is 315 g/mol. The van der Waals surface area contributed by atoms with E-state index in [0.717, 1.165) is 45.2 Å². The van der Waals surface area contributed by atoms with Gasteiger partial charge in [-0.1, -0.05) is 19.1 Å². The maximum absolute atomic E-state index is 6.06. The SMILES string of the molecule is C[C@H]1CC[C@H](c2ccc(N3CCOC4(CN(C)C4)C3)cc2)NC1. The zero-order chi connectivity index (χ0) is 15.9. The van der Waals surface area contributed by atoms with Gasteiger partial charge < -0.3 is 19.9 Å². The highest BCUT2D eigenvalue weighted by atomic mass is 16.5. The molecule has 1 spiro atoms. The normalized spacial score (nSPS) is 31.1. The molecule has 0 aliphatic carbocycles. The molecule has 1 aromatic rings. The maximum atomic E-state index is 6.06. The van der Waals surface area contributed by atoms with Crippen LogP contribution in [0.15, 0.2) is 24.3 Å². The van der Waals surface area contributed by atoms with Crippen molar-refractivity contribution in [3.63, 3.8) is 0 Å². The molecule has 1 N–H and O–H groups in total. The van der Waals surface area contributed by atoms with E-state index in [-0.39, 0.29) is 5.60 Å². The van der Waals surface area contributed by atoms with Gasteiger partial charge in [0.05, 0.1) is 6.61 Å². The second-order valence-electron chi connectivity index (χ2n) is 7.86. The summed E-state index contributed by atoms with van der Waals surface area (Å²) in [7, 11) is 2.17. The third kappa shape index (κ3) is 3.12. The van der Waals surface area contributed by atoms with Crippen molar-refractivity contribution in [3.8, 4) is 0 Å². The number of likely N-dealkylation sites (tertiary alicyclic amines) is 1. The van der Waals surface area contributed by atoms with E-state index >= 15 is 0 Å². The lowest BCUT2D eigenvalue weighted by Crippen LogP contribution is -2.69. The Balaban J connectivity index is 1.41. The number of nitrogens with zero attached hydrogens (tertiary/aromatic N) is 2. The Bertz CT molecular complexity index is 525. The molecule has 0 unspecified atom stereocenters. The number of hydrogen-bond donors (Lipinski definition) is 1. The molecule has 3 saturated heterocycles. The quantitative estimate of drug-likeness (QED) is 0.906. The zero-order valence-corrected chi connectivity index (χ0v) is 14.4. The molecule has 4 nitrogen and oxygen atoms in total. The molecule has 3 aliphatic heterocycles. The zero-order valence-electron chi connectivity index (χ0n) is 14.4. The average molecular weight is 315 g/mol. The van der Waals surface area contributed by atoms with Crippen LogP contribution in [0.2, 0.25) is 0 Å². The molecular formula is C19H29N3O. The standard InChI is InChI=1S/C19H29N3O/c1-15-3-8-18(20-11-15)16-4-6-17(7-5-16)22-9-10-23-19(14-22)12-21(2)13-19/h4-7,15,18,20H,3,8-14H2,1-2H3/t15-,18+/m0/s1. The molecular weight excluding hydrogens is 286 g/mol. The van der Waals surface area contributed by atoms with Gasteiger partial charge in [-0.15, -0.1) is 0 Å². The highest BCUT2D eigenvalue weighted by Gasteiger charge is 2.45. The largest absolute Gasteiger partial charge is 0.369 e. The van der Waals surface area contributed by atoms with E-state index in [1.165, 1.54) is 24.1 Å². The van der Waals surface area contributed by atoms with Crippen molar-refractivity contribution in [2.75, 3.05) is 51.3 Å². The van der Waals surface area contributed by atoms with Crippen LogP contribution in [0.4, 0.5) is 5.69 Å². The molecule has 0 aromatic heterocycles. The lowest BCUT2D eigenvalue weighted by Gasteiger charge is -2.53. The minimum atomic E-state index is 0.0761. The molecule has 23 heavy (non-hydrogen) atoms. The number of likely N-dealkylation sites (N-methyl/N-ethyl adjacent to an activating group) is 1. The highest BCUT2D eigenvalue weighted by molar-refractivity contribution is 5.49. The maximum Gasteiger partial charge on any atom is 0.111 e. The second kappa shape index (κ2) is 6.08. The summed E-state index contributed by atoms with van der Waals surface area (Å²) in [4.78, 5) is 4.83. The van der Waals surface area contributed by atoms with Gasteiger partial charge in [-0.2, -0.15) is 0 Å². The van der Waals surface area contributed by atoms with E-state index in [9.17, 15) is 0 Å². The predicted octanol–water partition coefficient (Wildman–Crippen LogP) is 2.27. The van der Waals surface area contributed by atoms with Gasteiger partial charge in [0.1, 0.15) is 5.60 Å². The molecule has 3 fully saturated rings. The number of anilines is 1. The topological polar surface area (TPSA) is 27.7 Å². The number of ether oxygens (including phenoxy) is 1. The molecule has 0 saturated carbocycles. The van der Waals surface area contributed by atoms with Crippen molar-refractivity contribution in [2.45, 2.75) is 31.4 Å². The van der Waals surface area contributed by atoms with E-state index in [1.54, 1.807) is 0 Å². The molecule has 126 valence electrons. The van der Waals surface area contributed by atoms with Gasteiger partial charge >= 0.3 is 0 Å². The lowest BCUT2D eigenvalue weighted by molar-refractivity contribution is -0.140. The third-order valence-electron chi connectivity index (χ3n) is 5.69. The first-order valence-corrected chi connectivity index (χ1v) is 9.04. The van der Waals surface area contributed by atoms with Crippen LogP contribution >= 0.6 is 0 Å². The Hall–Kier alpha value is -1.10. The molecule has 4 heteroatoms. The van der Waals surface area contributed by atoms with Crippen LogP contribution in [-0.2, 0) is 4.74 Å². The fourth-order valence-corrected chi connectivity index (χ4v) is 4.39. The van der Waals surface area contributed by atoms with E-state index < -0.39 is 0 Å². The van der Waals surface area contributed by atoms with Gasteiger partial charge in [-0.25, -0.2) is 0 Å². The van der Waals surface area contributed by atoms with Gasteiger partial charge in [0.15, 0.2) is 0 Å². The third-order valence-corrected chi connectivity index (χ3v) is 5.69. The van der Waals surface area contributed by atoms with Crippen LogP contribution in [0.3, 0.4) is 0 Å².